The minimum atomic E-state index is 0.583. The van der Waals surface area contributed by atoms with Crippen molar-refractivity contribution >= 4 is 29.1 Å². The molecule has 2 aromatic rings. The Morgan fingerprint density at radius 3 is 2.75 bits per heavy atom. The number of nitrogens with two attached hydrogens (primary N) is 1. The van der Waals surface area contributed by atoms with Gasteiger partial charge in [0, 0.05) is 4.90 Å². The second kappa shape index (κ2) is 4.76. The minimum Gasteiger partial charge on any atom is -0.397 e. The molecule has 82 valence electrons. The van der Waals surface area contributed by atoms with Gasteiger partial charge in [0.15, 0.2) is 0 Å². The number of pyridine rings is 1. The van der Waals surface area contributed by atoms with Crippen molar-refractivity contribution in [2.24, 2.45) is 0 Å². The zero-order chi connectivity index (χ0) is 11.5. The standard InChI is InChI=1S/C12H11ClN2S/c1-8-4-2-3-5-11(8)16-12-10(13)6-9(14)7-15-12/h2-7H,14H2,1H3. The van der Waals surface area contributed by atoms with E-state index in [0.717, 1.165) is 9.92 Å². The lowest BCUT2D eigenvalue weighted by Crippen LogP contribution is -1.89. The normalized spacial score (nSPS) is 10.4. The number of hydrogen-bond donors (Lipinski definition) is 1. The molecule has 0 saturated heterocycles. The molecule has 0 atom stereocenters. The highest BCUT2D eigenvalue weighted by atomic mass is 35.5. The van der Waals surface area contributed by atoms with Crippen LogP contribution in [-0.2, 0) is 0 Å². The Bertz CT molecular complexity index is 514. The van der Waals surface area contributed by atoms with E-state index < -0.39 is 0 Å². The minimum absolute atomic E-state index is 0.583. The fourth-order valence-corrected chi connectivity index (χ4v) is 2.43. The van der Waals surface area contributed by atoms with E-state index in [1.54, 1.807) is 24.0 Å². The number of aromatic nitrogens is 1. The number of nitrogen functional groups attached to an aromatic ring is 1. The van der Waals surface area contributed by atoms with Crippen molar-refractivity contribution in [3.63, 3.8) is 0 Å². The van der Waals surface area contributed by atoms with E-state index in [4.69, 9.17) is 17.3 Å². The summed E-state index contributed by atoms with van der Waals surface area (Å²) in [5, 5.41) is 1.37. The van der Waals surface area contributed by atoms with Crippen LogP contribution in [0.4, 0.5) is 5.69 Å². The molecule has 1 aromatic heterocycles. The van der Waals surface area contributed by atoms with E-state index in [1.807, 2.05) is 18.2 Å². The van der Waals surface area contributed by atoms with Crippen LogP contribution in [0.2, 0.25) is 5.02 Å². The molecule has 0 spiro atoms. The molecule has 0 bridgehead atoms. The van der Waals surface area contributed by atoms with Crippen molar-refractivity contribution < 1.29 is 0 Å². The molecule has 0 fully saturated rings. The monoisotopic (exact) mass is 250 g/mol. The van der Waals surface area contributed by atoms with Crippen molar-refractivity contribution in [3.05, 3.63) is 47.1 Å². The lowest BCUT2D eigenvalue weighted by molar-refractivity contribution is 1.13. The number of halogens is 1. The molecule has 0 unspecified atom stereocenters. The Kier molecular flexibility index (Phi) is 3.36. The fraction of sp³-hybridized carbons (Fsp3) is 0.0833. The summed E-state index contributed by atoms with van der Waals surface area (Å²) in [5.74, 6) is 0. The molecule has 4 heteroatoms. The topological polar surface area (TPSA) is 38.9 Å². The second-order valence-corrected chi connectivity index (χ2v) is 4.86. The first kappa shape index (κ1) is 11.3. The highest BCUT2D eigenvalue weighted by molar-refractivity contribution is 7.99. The molecule has 0 amide bonds. The highest BCUT2D eigenvalue weighted by Gasteiger charge is 2.06. The maximum atomic E-state index is 6.07. The van der Waals surface area contributed by atoms with Gasteiger partial charge in [-0.25, -0.2) is 4.98 Å². The van der Waals surface area contributed by atoms with Crippen molar-refractivity contribution in [3.8, 4) is 0 Å². The third kappa shape index (κ3) is 2.49. The van der Waals surface area contributed by atoms with Crippen LogP contribution >= 0.6 is 23.4 Å². The highest BCUT2D eigenvalue weighted by Crippen LogP contribution is 2.33. The number of aryl methyl sites for hydroxylation is 1. The van der Waals surface area contributed by atoms with Crippen LogP contribution < -0.4 is 5.73 Å². The summed E-state index contributed by atoms with van der Waals surface area (Å²) in [4.78, 5) is 5.37. The van der Waals surface area contributed by atoms with Gasteiger partial charge in [0.05, 0.1) is 16.9 Å². The second-order valence-electron chi connectivity index (χ2n) is 3.42. The third-order valence-corrected chi connectivity index (χ3v) is 3.73. The predicted octanol–water partition coefficient (Wildman–Crippen LogP) is 3.78. The van der Waals surface area contributed by atoms with E-state index in [2.05, 4.69) is 18.0 Å². The van der Waals surface area contributed by atoms with Gasteiger partial charge in [-0.3, -0.25) is 0 Å². The van der Waals surface area contributed by atoms with E-state index >= 15 is 0 Å². The molecule has 0 saturated carbocycles. The molecule has 2 nitrogen and oxygen atoms in total. The largest absolute Gasteiger partial charge is 0.397 e. The van der Waals surface area contributed by atoms with Gasteiger partial charge in [-0.05, 0) is 24.6 Å². The van der Waals surface area contributed by atoms with Crippen LogP contribution in [0.25, 0.3) is 0 Å². The smallest absolute Gasteiger partial charge is 0.120 e. The number of nitrogens with zero attached hydrogens (tertiary/aromatic N) is 1. The van der Waals surface area contributed by atoms with Gasteiger partial charge in [0.2, 0.25) is 0 Å². The maximum Gasteiger partial charge on any atom is 0.120 e. The van der Waals surface area contributed by atoms with Crippen molar-refractivity contribution in [1.82, 2.24) is 4.98 Å². The summed E-state index contributed by atoms with van der Waals surface area (Å²) >= 11 is 7.62. The van der Waals surface area contributed by atoms with Crippen LogP contribution in [0.3, 0.4) is 0 Å². The molecule has 0 aliphatic carbocycles. The first-order valence-electron chi connectivity index (χ1n) is 4.81. The number of hydrogen-bond acceptors (Lipinski definition) is 3. The van der Waals surface area contributed by atoms with Crippen molar-refractivity contribution in [2.75, 3.05) is 5.73 Å². The molecular weight excluding hydrogens is 240 g/mol. The van der Waals surface area contributed by atoms with Crippen LogP contribution in [0, 0.1) is 6.92 Å². The third-order valence-electron chi connectivity index (χ3n) is 2.13. The average molecular weight is 251 g/mol. The zero-order valence-corrected chi connectivity index (χ0v) is 10.3. The van der Waals surface area contributed by atoms with Gasteiger partial charge in [-0.1, -0.05) is 41.6 Å². The number of benzene rings is 1. The molecule has 1 heterocycles. The Labute approximate surface area is 104 Å². The van der Waals surface area contributed by atoms with Crippen LogP contribution in [0.5, 0.6) is 0 Å². The lowest BCUT2D eigenvalue weighted by Gasteiger charge is -2.06. The Morgan fingerprint density at radius 2 is 2.06 bits per heavy atom. The zero-order valence-electron chi connectivity index (χ0n) is 8.77. The van der Waals surface area contributed by atoms with Crippen LogP contribution in [0.1, 0.15) is 5.56 Å². The Balaban J connectivity index is 2.31. The van der Waals surface area contributed by atoms with Gasteiger partial charge in [0.1, 0.15) is 5.03 Å². The summed E-state index contributed by atoms with van der Waals surface area (Å²) in [6.45, 7) is 2.06. The summed E-state index contributed by atoms with van der Waals surface area (Å²) in [6.07, 6.45) is 1.62. The SMILES string of the molecule is Cc1ccccc1Sc1ncc(N)cc1Cl. The molecule has 2 rings (SSSR count). The van der Waals surface area contributed by atoms with Crippen LogP contribution in [0.15, 0.2) is 46.5 Å². The maximum absolute atomic E-state index is 6.07. The number of anilines is 1. The van der Waals surface area contributed by atoms with Crippen LogP contribution in [-0.4, -0.2) is 4.98 Å². The molecule has 0 aliphatic heterocycles. The molecule has 0 radical (unpaired) electrons. The molecular formula is C12H11ClN2S. The summed E-state index contributed by atoms with van der Waals surface area (Å²) in [5.41, 5.74) is 7.39. The van der Waals surface area contributed by atoms with E-state index in [-0.39, 0.29) is 0 Å². The van der Waals surface area contributed by atoms with Gasteiger partial charge in [0.25, 0.3) is 0 Å². The summed E-state index contributed by atoms with van der Waals surface area (Å²) in [6, 6.07) is 9.84. The fourth-order valence-electron chi connectivity index (χ4n) is 1.29. The number of rotatable bonds is 2. The molecule has 1 aromatic carbocycles. The van der Waals surface area contributed by atoms with Gasteiger partial charge < -0.3 is 5.73 Å². The van der Waals surface area contributed by atoms with E-state index in [1.165, 1.54) is 5.56 Å². The lowest BCUT2D eigenvalue weighted by atomic mass is 10.2. The van der Waals surface area contributed by atoms with Gasteiger partial charge in [-0.15, -0.1) is 0 Å². The van der Waals surface area contributed by atoms with Gasteiger partial charge in [-0.2, -0.15) is 0 Å². The average Bonchev–Trinajstić information content (AvgIpc) is 2.25. The Morgan fingerprint density at radius 1 is 1.31 bits per heavy atom. The molecule has 16 heavy (non-hydrogen) atoms. The first-order valence-corrected chi connectivity index (χ1v) is 6.01. The van der Waals surface area contributed by atoms with Crippen molar-refractivity contribution in [2.45, 2.75) is 16.8 Å². The van der Waals surface area contributed by atoms with E-state index in [9.17, 15) is 0 Å². The van der Waals surface area contributed by atoms with Gasteiger partial charge >= 0.3 is 0 Å². The first-order chi connectivity index (χ1) is 7.66. The quantitative estimate of drug-likeness (QED) is 0.882. The van der Waals surface area contributed by atoms with E-state index in [0.29, 0.717) is 10.7 Å². The Hall–Kier alpha value is -1.19. The molecule has 2 N–H and O–H groups in total. The summed E-state index contributed by atoms with van der Waals surface area (Å²) in [7, 11) is 0. The predicted molar refractivity (Wildman–Crippen MR) is 69.0 cm³/mol. The van der Waals surface area contributed by atoms with Crippen molar-refractivity contribution in [1.29, 1.82) is 0 Å². The molecule has 0 aliphatic rings. The summed E-state index contributed by atoms with van der Waals surface area (Å²) < 4.78 is 0.